The van der Waals surface area contributed by atoms with Crippen molar-refractivity contribution in [3.63, 3.8) is 0 Å². The molecule has 1 saturated heterocycles. The van der Waals surface area contributed by atoms with E-state index in [2.05, 4.69) is 20.8 Å². The lowest BCUT2D eigenvalue weighted by molar-refractivity contribution is 0.00602. The molecule has 0 aliphatic carbocycles. The third kappa shape index (κ3) is 2.37. The lowest BCUT2D eigenvalue weighted by Gasteiger charge is -2.27. The Labute approximate surface area is 80.4 Å². The van der Waals surface area contributed by atoms with Gasteiger partial charge >= 0.3 is 0 Å². The second-order valence-electron chi connectivity index (χ2n) is 4.53. The minimum Gasteiger partial charge on any atom is -0.373 e. The van der Waals surface area contributed by atoms with Crippen molar-refractivity contribution in [2.45, 2.75) is 39.2 Å². The topological polar surface area (TPSA) is 9.23 Å². The molecule has 0 aromatic rings. The van der Waals surface area contributed by atoms with Gasteiger partial charge in [-0.25, -0.2) is 0 Å². The van der Waals surface area contributed by atoms with Crippen LogP contribution in [0.5, 0.6) is 0 Å². The fourth-order valence-electron chi connectivity index (χ4n) is 2.11. The van der Waals surface area contributed by atoms with Crippen LogP contribution in [0.25, 0.3) is 0 Å². The van der Waals surface area contributed by atoms with Gasteiger partial charge in [0.05, 0.1) is 18.1 Å². The van der Waals surface area contributed by atoms with Crippen LogP contribution >= 0.6 is 11.6 Å². The van der Waals surface area contributed by atoms with E-state index in [0.717, 1.165) is 19.4 Å². The van der Waals surface area contributed by atoms with Crippen molar-refractivity contribution < 1.29 is 4.74 Å². The van der Waals surface area contributed by atoms with Gasteiger partial charge in [0.25, 0.3) is 0 Å². The maximum Gasteiger partial charge on any atom is 0.0823 e. The molecular formula is C10H19ClO. The van der Waals surface area contributed by atoms with Crippen molar-refractivity contribution in [3.05, 3.63) is 0 Å². The summed E-state index contributed by atoms with van der Waals surface area (Å²) in [5.74, 6) is 2.01. The molecule has 0 saturated carbocycles. The highest BCUT2D eigenvalue weighted by Gasteiger charge is 2.38. The molecule has 0 aromatic carbocycles. The van der Waals surface area contributed by atoms with Gasteiger partial charge in [0.15, 0.2) is 0 Å². The van der Waals surface area contributed by atoms with E-state index in [1.807, 2.05) is 0 Å². The number of hydrogen-bond donors (Lipinski definition) is 0. The summed E-state index contributed by atoms with van der Waals surface area (Å²) in [6, 6.07) is 0. The van der Waals surface area contributed by atoms with Crippen LogP contribution in [0.4, 0.5) is 0 Å². The van der Waals surface area contributed by atoms with Crippen LogP contribution in [0.15, 0.2) is 0 Å². The first-order valence-corrected chi connectivity index (χ1v) is 5.31. The zero-order valence-corrected chi connectivity index (χ0v) is 9.03. The van der Waals surface area contributed by atoms with Crippen molar-refractivity contribution in [2.75, 3.05) is 12.5 Å². The highest BCUT2D eigenvalue weighted by atomic mass is 35.5. The monoisotopic (exact) mass is 190 g/mol. The average Bonchev–Trinajstić information content (AvgIpc) is 2.32. The van der Waals surface area contributed by atoms with Gasteiger partial charge < -0.3 is 4.74 Å². The molecule has 1 aliphatic rings. The molecule has 0 radical (unpaired) electrons. The minimum absolute atomic E-state index is 0.00482. The number of hydrogen-bond acceptors (Lipinski definition) is 1. The summed E-state index contributed by atoms with van der Waals surface area (Å²) in [5, 5.41) is 0. The second-order valence-corrected chi connectivity index (χ2v) is 4.80. The van der Waals surface area contributed by atoms with Crippen molar-refractivity contribution >= 4 is 11.6 Å². The Morgan fingerprint density at radius 1 is 1.58 bits per heavy atom. The molecule has 12 heavy (non-hydrogen) atoms. The Balaban J connectivity index is 2.52. The third-order valence-electron chi connectivity index (χ3n) is 2.42. The lowest BCUT2D eigenvalue weighted by Crippen LogP contribution is -2.31. The molecule has 0 amide bonds. The molecule has 0 aromatic heterocycles. The molecule has 1 aliphatic heterocycles. The quantitative estimate of drug-likeness (QED) is 0.622. The smallest absolute Gasteiger partial charge is 0.0823 e. The molecule has 72 valence electrons. The van der Waals surface area contributed by atoms with Gasteiger partial charge in [-0.3, -0.25) is 0 Å². The zero-order valence-electron chi connectivity index (χ0n) is 8.27. The minimum atomic E-state index is -0.00482. The summed E-state index contributed by atoms with van der Waals surface area (Å²) in [6.45, 7) is 7.56. The molecule has 2 unspecified atom stereocenters. The van der Waals surface area contributed by atoms with Gasteiger partial charge in [0, 0.05) is 0 Å². The van der Waals surface area contributed by atoms with E-state index in [0.29, 0.717) is 17.7 Å². The first-order chi connectivity index (χ1) is 5.58. The largest absolute Gasteiger partial charge is 0.373 e. The molecule has 1 rings (SSSR count). The average molecular weight is 191 g/mol. The van der Waals surface area contributed by atoms with Crippen LogP contribution < -0.4 is 0 Å². The predicted molar refractivity (Wildman–Crippen MR) is 52.6 cm³/mol. The van der Waals surface area contributed by atoms with Crippen LogP contribution in [0, 0.1) is 11.8 Å². The first kappa shape index (κ1) is 10.3. The first-order valence-electron chi connectivity index (χ1n) is 4.78. The van der Waals surface area contributed by atoms with Gasteiger partial charge in [-0.05, 0) is 24.7 Å². The van der Waals surface area contributed by atoms with E-state index in [1.54, 1.807) is 0 Å². The fraction of sp³-hybridized carbons (Fsp3) is 1.00. The van der Waals surface area contributed by atoms with E-state index in [-0.39, 0.29) is 5.60 Å². The molecule has 1 nitrogen and oxygen atoms in total. The third-order valence-corrected chi connectivity index (χ3v) is 2.91. The van der Waals surface area contributed by atoms with Crippen molar-refractivity contribution in [2.24, 2.45) is 11.8 Å². The van der Waals surface area contributed by atoms with Crippen molar-refractivity contribution in [1.82, 2.24) is 0 Å². The Kier molecular flexibility index (Phi) is 3.42. The van der Waals surface area contributed by atoms with Gasteiger partial charge in [-0.2, -0.15) is 0 Å². The Morgan fingerprint density at radius 2 is 2.25 bits per heavy atom. The Hall–Kier alpha value is 0.250. The van der Waals surface area contributed by atoms with Crippen LogP contribution in [0.1, 0.15) is 33.6 Å². The summed E-state index contributed by atoms with van der Waals surface area (Å²) in [7, 11) is 0. The zero-order chi connectivity index (χ0) is 9.19. The van der Waals surface area contributed by atoms with Crippen molar-refractivity contribution in [3.8, 4) is 0 Å². The summed E-state index contributed by atoms with van der Waals surface area (Å²) >= 11 is 5.95. The molecular weight excluding hydrogens is 172 g/mol. The molecule has 1 fully saturated rings. The lowest BCUT2D eigenvalue weighted by atomic mass is 9.89. The number of halogens is 1. The maximum atomic E-state index is 5.95. The van der Waals surface area contributed by atoms with E-state index < -0.39 is 0 Å². The molecule has 2 heteroatoms. The Morgan fingerprint density at radius 3 is 2.58 bits per heavy atom. The highest BCUT2D eigenvalue weighted by molar-refractivity contribution is 6.18. The van der Waals surface area contributed by atoms with Crippen molar-refractivity contribution in [1.29, 1.82) is 0 Å². The maximum absolute atomic E-state index is 5.95. The Bertz CT molecular complexity index is 147. The number of ether oxygens (including phenoxy) is 1. The summed E-state index contributed by atoms with van der Waals surface area (Å²) in [4.78, 5) is 0. The molecule has 0 N–H and O–H groups in total. The highest BCUT2D eigenvalue weighted by Crippen LogP contribution is 2.35. The molecule has 2 atom stereocenters. The molecule has 0 bridgehead atoms. The molecule has 0 spiro atoms. The van der Waals surface area contributed by atoms with E-state index >= 15 is 0 Å². The van der Waals surface area contributed by atoms with E-state index in [4.69, 9.17) is 16.3 Å². The SMILES string of the molecule is CC(C)CC1(CCl)CC(C)CO1. The van der Waals surface area contributed by atoms with Crippen LogP contribution in [0.3, 0.4) is 0 Å². The fourth-order valence-corrected chi connectivity index (χ4v) is 2.40. The van der Waals surface area contributed by atoms with Crippen LogP contribution in [-0.4, -0.2) is 18.1 Å². The van der Waals surface area contributed by atoms with Gasteiger partial charge in [0.2, 0.25) is 0 Å². The number of alkyl halides is 1. The van der Waals surface area contributed by atoms with Gasteiger partial charge in [-0.1, -0.05) is 20.8 Å². The van der Waals surface area contributed by atoms with Crippen LogP contribution in [0.2, 0.25) is 0 Å². The normalized spacial score (nSPS) is 36.2. The number of rotatable bonds is 3. The predicted octanol–water partition coefficient (Wildman–Crippen LogP) is 3.07. The van der Waals surface area contributed by atoms with E-state index in [1.165, 1.54) is 0 Å². The standard InChI is InChI=1S/C10H19ClO/c1-8(2)4-10(7-11)5-9(3)6-12-10/h8-9H,4-7H2,1-3H3. The summed E-state index contributed by atoms with van der Waals surface area (Å²) in [6.07, 6.45) is 2.23. The van der Waals surface area contributed by atoms with Gasteiger partial charge in [0.1, 0.15) is 0 Å². The summed E-state index contributed by atoms with van der Waals surface area (Å²) < 4.78 is 5.78. The summed E-state index contributed by atoms with van der Waals surface area (Å²) in [5.41, 5.74) is -0.00482. The van der Waals surface area contributed by atoms with Gasteiger partial charge in [-0.15, -0.1) is 11.6 Å². The van der Waals surface area contributed by atoms with E-state index in [9.17, 15) is 0 Å². The second kappa shape index (κ2) is 3.97. The molecule has 1 heterocycles. The van der Waals surface area contributed by atoms with Crippen LogP contribution in [-0.2, 0) is 4.74 Å².